The molecule has 0 aromatic carbocycles. The van der Waals surface area contributed by atoms with E-state index in [2.05, 4.69) is 23.6 Å². The van der Waals surface area contributed by atoms with Crippen LogP contribution >= 0.6 is 24.8 Å². The summed E-state index contributed by atoms with van der Waals surface area (Å²) < 4.78 is 0. The van der Waals surface area contributed by atoms with E-state index in [-0.39, 0.29) is 30.7 Å². The Balaban J connectivity index is 0.00000180. The standard InChI is InChI=1S/C14H27N3O.2ClH/c1-11(2)16-6-8-17(9-7-16)14(18)13-5-3-4-12(13)10-15;;/h11-13H,3-10,15H2,1-2H3;2*1H/t12-,13-;;/m1../s1. The average molecular weight is 326 g/mol. The maximum atomic E-state index is 12.5. The van der Waals surface area contributed by atoms with Crippen LogP contribution in [-0.4, -0.2) is 54.5 Å². The minimum absolute atomic E-state index is 0. The summed E-state index contributed by atoms with van der Waals surface area (Å²) in [4.78, 5) is 17.0. The van der Waals surface area contributed by atoms with Gasteiger partial charge in [0.05, 0.1) is 0 Å². The van der Waals surface area contributed by atoms with Crippen LogP contribution in [-0.2, 0) is 4.79 Å². The van der Waals surface area contributed by atoms with Gasteiger partial charge in [0.25, 0.3) is 0 Å². The predicted octanol–water partition coefficient (Wildman–Crippen LogP) is 1.76. The van der Waals surface area contributed by atoms with Crippen LogP contribution in [0.3, 0.4) is 0 Å². The first kappa shape index (κ1) is 20.0. The minimum Gasteiger partial charge on any atom is -0.340 e. The fourth-order valence-electron chi connectivity index (χ4n) is 3.34. The summed E-state index contributed by atoms with van der Waals surface area (Å²) in [5.74, 6) is 1.01. The Kier molecular flexibility index (Phi) is 9.07. The lowest BCUT2D eigenvalue weighted by molar-refractivity contribution is -0.138. The van der Waals surface area contributed by atoms with Gasteiger partial charge in [0.2, 0.25) is 5.91 Å². The molecule has 2 rings (SSSR count). The predicted molar refractivity (Wildman–Crippen MR) is 87.7 cm³/mol. The molecule has 1 saturated carbocycles. The number of hydrogen-bond acceptors (Lipinski definition) is 3. The van der Waals surface area contributed by atoms with Crippen molar-refractivity contribution in [2.45, 2.75) is 39.2 Å². The lowest BCUT2D eigenvalue weighted by Crippen LogP contribution is -2.52. The molecule has 6 heteroatoms. The SMILES string of the molecule is CC(C)N1CCN(C(=O)[C@@H]2CCC[C@@H]2CN)CC1.Cl.Cl. The lowest BCUT2D eigenvalue weighted by atomic mass is 9.94. The zero-order chi connectivity index (χ0) is 13.1. The van der Waals surface area contributed by atoms with Crippen molar-refractivity contribution >= 4 is 30.7 Å². The summed E-state index contributed by atoms with van der Waals surface area (Å²) in [6.07, 6.45) is 3.36. The van der Waals surface area contributed by atoms with Gasteiger partial charge in [-0.3, -0.25) is 9.69 Å². The van der Waals surface area contributed by atoms with Crippen molar-refractivity contribution in [3.8, 4) is 0 Å². The molecule has 2 aliphatic rings. The summed E-state index contributed by atoms with van der Waals surface area (Å²) in [5.41, 5.74) is 5.77. The number of amides is 1. The van der Waals surface area contributed by atoms with E-state index >= 15 is 0 Å². The highest BCUT2D eigenvalue weighted by atomic mass is 35.5. The molecule has 0 unspecified atom stereocenters. The second-order valence-corrected chi connectivity index (χ2v) is 5.99. The number of carbonyl (C=O) groups excluding carboxylic acids is 1. The third kappa shape index (κ3) is 4.48. The highest BCUT2D eigenvalue weighted by molar-refractivity contribution is 5.85. The number of nitrogens with two attached hydrogens (primary N) is 1. The summed E-state index contributed by atoms with van der Waals surface area (Å²) >= 11 is 0. The highest BCUT2D eigenvalue weighted by Gasteiger charge is 2.35. The zero-order valence-electron chi connectivity index (χ0n) is 12.6. The second kappa shape index (κ2) is 9.08. The molecular weight excluding hydrogens is 297 g/mol. The van der Waals surface area contributed by atoms with Crippen LogP contribution in [0, 0.1) is 11.8 Å². The maximum absolute atomic E-state index is 12.5. The van der Waals surface area contributed by atoms with Crippen LogP contribution in [0.4, 0.5) is 0 Å². The van der Waals surface area contributed by atoms with E-state index in [9.17, 15) is 4.79 Å². The van der Waals surface area contributed by atoms with Gasteiger partial charge in [0, 0.05) is 38.1 Å². The van der Waals surface area contributed by atoms with Crippen LogP contribution in [0.25, 0.3) is 0 Å². The Morgan fingerprint density at radius 2 is 1.75 bits per heavy atom. The summed E-state index contributed by atoms with van der Waals surface area (Å²) in [5, 5.41) is 0. The van der Waals surface area contributed by atoms with Crippen molar-refractivity contribution in [2.24, 2.45) is 17.6 Å². The van der Waals surface area contributed by atoms with Crippen LogP contribution in [0.5, 0.6) is 0 Å². The second-order valence-electron chi connectivity index (χ2n) is 5.99. The largest absolute Gasteiger partial charge is 0.340 e. The average Bonchev–Trinajstić information content (AvgIpc) is 2.86. The topological polar surface area (TPSA) is 49.6 Å². The van der Waals surface area contributed by atoms with Gasteiger partial charge in [-0.2, -0.15) is 0 Å². The van der Waals surface area contributed by atoms with Gasteiger partial charge in [0.15, 0.2) is 0 Å². The quantitative estimate of drug-likeness (QED) is 0.860. The molecule has 2 fully saturated rings. The maximum Gasteiger partial charge on any atom is 0.226 e. The summed E-state index contributed by atoms with van der Waals surface area (Å²) in [7, 11) is 0. The first-order valence-corrected chi connectivity index (χ1v) is 7.36. The van der Waals surface area contributed by atoms with E-state index in [0.29, 0.717) is 24.4 Å². The van der Waals surface area contributed by atoms with E-state index < -0.39 is 0 Å². The highest BCUT2D eigenvalue weighted by Crippen LogP contribution is 2.32. The number of hydrogen-bond donors (Lipinski definition) is 1. The van der Waals surface area contributed by atoms with Crippen LogP contribution in [0.15, 0.2) is 0 Å². The summed E-state index contributed by atoms with van der Waals surface area (Å²) in [6.45, 7) is 8.93. The van der Waals surface area contributed by atoms with Crippen LogP contribution < -0.4 is 5.73 Å². The Hall–Kier alpha value is -0.0300. The molecule has 1 aliphatic carbocycles. The van der Waals surface area contributed by atoms with Gasteiger partial charge in [-0.15, -0.1) is 24.8 Å². The molecule has 0 spiro atoms. The van der Waals surface area contributed by atoms with Gasteiger partial charge < -0.3 is 10.6 Å². The molecule has 1 aliphatic heterocycles. The van der Waals surface area contributed by atoms with Crippen LogP contribution in [0.1, 0.15) is 33.1 Å². The Labute approximate surface area is 135 Å². The van der Waals surface area contributed by atoms with Crippen molar-refractivity contribution in [2.75, 3.05) is 32.7 Å². The van der Waals surface area contributed by atoms with Gasteiger partial charge in [-0.05, 0) is 39.2 Å². The van der Waals surface area contributed by atoms with Crippen LogP contribution in [0.2, 0.25) is 0 Å². The van der Waals surface area contributed by atoms with Crippen molar-refractivity contribution in [1.82, 2.24) is 9.80 Å². The summed E-state index contributed by atoms with van der Waals surface area (Å²) in [6, 6.07) is 0.588. The number of nitrogens with zero attached hydrogens (tertiary/aromatic N) is 2. The van der Waals surface area contributed by atoms with E-state index in [4.69, 9.17) is 5.73 Å². The van der Waals surface area contributed by atoms with Gasteiger partial charge >= 0.3 is 0 Å². The molecule has 0 aromatic rings. The molecule has 1 saturated heterocycles. The molecule has 0 bridgehead atoms. The molecule has 120 valence electrons. The van der Waals surface area contributed by atoms with Gasteiger partial charge in [0.1, 0.15) is 0 Å². The Morgan fingerprint density at radius 3 is 2.25 bits per heavy atom. The minimum atomic E-state index is 0. The molecular formula is C14H29Cl2N3O. The smallest absolute Gasteiger partial charge is 0.226 e. The Bertz CT molecular complexity index is 294. The number of carbonyl (C=O) groups is 1. The number of rotatable bonds is 3. The van der Waals surface area contributed by atoms with E-state index in [0.717, 1.165) is 39.0 Å². The molecule has 2 atom stereocenters. The first-order chi connectivity index (χ1) is 8.63. The molecule has 4 nitrogen and oxygen atoms in total. The molecule has 1 heterocycles. The van der Waals surface area contributed by atoms with Gasteiger partial charge in [-0.1, -0.05) is 6.42 Å². The fraction of sp³-hybridized carbons (Fsp3) is 0.929. The normalized spacial score (nSPS) is 27.1. The first-order valence-electron chi connectivity index (χ1n) is 7.36. The van der Waals surface area contributed by atoms with E-state index in [1.54, 1.807) is 0 Å². The lowest BCUT2D eigenvalue weighted by Gasteiger charge is -2.38. The fourth-order valence-corrected chi connectivity index (χ4v) is 3.34. The Morgan fingerprint density at radius 1 is 1.15 bits per heavy atom. The zero-order valence-corrected chi connectivity index (χ0v) is 14.2. The van der Waals surface area contributed by atoms with Crippen molar-refractivity contribution in [3.63, 3.8) is 0 Å². The molecule has 20 heavy (non-hydrogen) atoms. The molecule has 0 radical (unpaired) electrons. The molecule has 1 amide bonds. The van der Waals surface area contributed by atoms with Gasteiger partial charge in [-0.25, -0.2) is 0 Å². The molecule has 2 N–H and O–H groups in total. The monoisotopic (exact) mass is 325 g/mol. The number of halogens is 2. The molecule has 0 aromatic heterocycles. The third-order valence-electron chi connectivity index (χ3n) is 4.64. The van der Waals surface area contributed by atoms with Crippen molar-refractivity contribution in [1.29, 1.82) is 0 Å². The van der Waals surface area contributed by atoms with E-state index in [1.807, 2.05) is 0 Å². The van der Waals surface area contributed by atoms with Crippen molar-refractivity contribution < 1.29 is 4.79 Å². The third-order valence-corrected chi connectivity index (χ3v) is 4.64. The van der Waals surface area contributed by atoms with Crippen molar-refractivity contribution in [3.05, 3.63) is 0 Å². The van der Waals surface area contributed by atoms with E-state index in [1.165, 1.54) is 6.42 Å². The number of piperazine rings is 1.